The first-order chi connectivity index (χ1) is 13.2. The van der Waals surface area contributed by atoms with Crippen molar-refractivity contribution in [1.82, 2.24) is 30.4 Å². The van der Waals surface area contributed by atoms with E-state index in [1.807, 2.05) is 42.9 Å². The molecule has 2 N–H and O–H groups in total. The SMILES string of the molecule is Cc1nnc(CN=C(NCCc2ccccn2)NCCc2cccs2)n1C. The zero-order valence-corrected chi connectivity index (χ0v) is 16.5. The summed E-state index contributed by atoms with van der Waals surface area (Å²) in [5.74, 6) is 2.51. The van der Waals surface area contributed by atoms with E-state index in [-0.39, 0.29) is 0 Å². The van der Waals surface area contributed by atoms with E-state index < -0.39 is 0 Å². The second kappa shape index (κ2) is 9.82. The number of hydrogen-bond donors (Lipinski definition) is 2. The highest BCUT2D eigenvalue weighted by Crippen LogP contribution is 2.08. The molecule has 0 saturated carbocycles. The summed E-state index contributed by atoms with van der Waals surface area (Å²) in [7, 11) is 1.96. The van der Waals surface area contributed by atoms with Crippen LogP contribution in [0.3, 0.4) is 0 Å². The van der Waals surface area contributed by atoms with Gasteiger partial charge in [0.05, 0.1) is 0 Å². The van der Waals surface area contributed by atoms with Gasteiger partial charge in [0.1, 0.15) is 12.4 Å². The quantitative estimate of drug-likeness (QED) is 0.460. The van der Waals surface area contributed by atoms with Crippen molar-refractivity contribution in [2.75, 3.05) is 13.1 Å². The number of nitrogens with zero attached hydrogens (tertiary/aromatic N) is 5. The van der Waals surface area contributed by atoms with E-state index in [0.717, 1.165) is 49.2 Å². The third-order valence-electron chi connectivity index (χ3n) is 4.21. The summed E-state index contributed by atoms with van der Waals surface area (Å²) in [5.41, 5.74) is 1.06. The third kappa shape index (κ3) is 5.89. The predicted molar refractivity (Wildman–Crippen MR) is 109 cm³/mol. The number of rotatable bonds is 8. The summed E-state index contributed by atoms with van der Waals surface area (Å²) in [6.07, 6.45) is 3.64. The average molecular weight is 384 g/mol. The maximum Gasteiger partial charge on any atom is 0.191 e. The molecule has 0 fully saturated rings. The molecule has 0 unspecified atom stereocenters. The van der Waals surface area contributed by atoms with Crippen molar-refractivity contribution in [2.24, 2.45) is 12.0 Å². The van der Waals surface area contributed by atoms with E-state index in [9.17, 15) is 0 Å². The van der Waals surface area contributed by atoms with Crippen molar-refractivity contribution in [3.63, 3.8) is 0 Å². The van der Waals surface area contributed by atoms with E-state index in [2.05, 4.69) is 48.3 Å². The lowest BCUT2D eigenvalue weighted by atomic mass is 10.3. The molecule has 142 valence electrons. The summed E-state index contributed by atoms with van der Waals surface area (Å²) >= 11 is 1.77. The van der Waals surface area contributed by atoms with E-state index in [0.29, 0.717) is 6.54 Å². The molecule has 3 aromatic heterocycles. The normalized spacial score (nSPS) is 11.6. The van der Waals surface area contributed by atoms with Gasteiger partial charge < -0.3 is 15.2 Å². The van der Waals surface area contributed by atoms with Crippen LogP contribution in [0.2, 0.25) is 0 Å². The molecule has 0 bridgehead atoms. The molecule has 27 heavy (non-hydrogen) atoms. The van der Waals surface area contributed by atoms with Crippen LogP contribution in [0.25, 0.3) is 0 Å². The molecule has 3 aromatic rings. The van der Waals surface area contributed by atoms with Gasteiger partial charge in [0.2, 0.25) is 0 Å². The molecule has 0 radical (unpaired) electrons. The topological polar surface area (TPSA) is 80.0 Å². The minimum atomic E-state index is 0.481. The molecule has 0 aliphatic rings. The van der Waals surface area contributed by atoms with Crippen molar-refractivity contribution < 1.29 is 0 Å². The fourth-order valence-corrected chi connectivity index (χ4v) is 3.24. The minimum Gasteiger partial charge on any atom is -0.356 e. The summed E-state index contributed by atoms with van der Waals surface area (Å²) in [4.78, 5) is 10.4. The highest BCUT2D eigenvalue weighted by Gasteiger charge is 2.05. The first-order valence-electron chi connectivity index (χ1n) is 9.01. The Bertz CT molecular complexity index is 840. The standard InChI is InChI=1S/C19H25N7S/c1-15-24-25-18(26(15)2)14-23-19(22-12-9-17-7-5-13-27-17)21-11-8-16-6-3-4-10-20-16/h3-7,10,13H,8-9,11-12,14H2,1-2H3,(H2,21,22,23). The molecule has 3 heterocycles. The maximum absolute atomic E-state index is 4.67. The van der Waals surface area contributed by atoms with Gasteiger partial charge in [0.15, 0.2) is 11.8 Å². The van der Waals surface area contributed by atoms with Crippen LogP contribution in [0, 0.1) is 6.92 Å². The van der Waals surface area contributed by atoms with Crippen molar-refractivity contribution in [3.8, 4) is 0 Å². The molecule has 0 atom stereocenters. The van der Waals surface area contributed by atoms with E-state index >= 15 is 0 Å². The zero-order valence-electron chi connectivity index (χ0n) is 15.7. The molecule has 0 aliphatic carbocycles. The molecule has 0 aliphatic heterocycles. The second-order valence-electron chi connectivity index (χ2n) is 6.14. The van der Waals surface area contributed by atoms with Gasteiger partial charge in [-0.05, 0) is 36.9 Å². The Kier molecular flexibility index (Phi) is 6.92. The Morgan fingerprint density at radius 2 is 1.96 bits per heavy atom. The van der Waals surface area contributed by atoms with Gasteiger partial charge in [-0.25, -0.2) is 4.99 Å². The van der Waals surface area contributed by atoms with Crippen LogP contribution in [0.4, 0.5) is 0 Å². The summed E-state index contributed by atoms with van der Waals surface area (Å²) in [5, 5.41) is 17.2. The van der Waals surface area contributed by atoms with Gasteiger partial charge in [0, 0.05) is 43.3 Å². The number of aryl methyl sites for hydroxylation is 1. The smallest absolute Gasteiger partial charge is 0.191 e. The van der Waals surface area contributed by atoms with Gasteiger partial charge in [0.25, 0.3) is 0 Å². The molecule has 7 nitrogen and oxygen atoms in total. The lowest BCUT2D eigenvalue weighted by Crippen LogP contribution is -2.39. The van der Waals surface area contributed by atoms with Gasteiger partial charge in [-0.15, -0.1) is 21.5 Å². The second-order valence-corrected chi connectivity index (χ2v) is 7.17. The fraction of sp³-hybridized carbons (Fsp3) is 0.368. The monoisotopic (exact) mass is 383 g/mol. The average Bonchev–Trinajstić information content (AvgIpc) is 3.31. The van der Waals surface area contributed by atoms with Crippen molar-refractivity contribution in [3.05, 3.63) is 64.1 Å². The molecular formula is C19H25N7S. The Morgan fingerprint density at radius 1 is 1.11 bits per heavy atom. The molecule has 0 aromatic carbocycles. The van der Waals surface area contributed by atoms with Crippen LogP contribution < -0.4 is 10.6 Å². The Labute approximate surface area is 163 Å². The predicted octanol–water partition coefficient (Wildman–Crippen LogP) is 2.10. The third-order valence-corrected chi connectivity index (χ3v) is 5.14. The lowest BCUT2D eigenvalue weighted by molar-refractivity contribution is 0.743. The van der Waals surface area contributed by atoms with E-state index in [1.54, 1.807) is 11.3 Å². The Morgan fingerprint density at radius 3 is 2.63 bits per heavy atom. The number of pyridine rings is 1. The number of nitrogens with one attached hydrogen (secondary N) is 2. The largest absolute Gasteiger partial charge is 0.356 e. The van der Waals surface area contributed by atoms with Crippen LogP contribution in [-0.4, -0.2) is 38.8 Å². The molecule has 8 heteroatoms. The molecule has 3 rings (SSSR count). The highest BCUT2D eigenvalue weighted by molar-refractivity contribution is 7.09. The molecular weight excluding hydrogens is 358 g/mol. The van der Waals surface area contributed by atoms with Gasteiger partial charge in [-0.2, -0.15) is 0 Å². The number of guanidine groups is 1. The van der Waals surface area contributed by atoms with Gasteiger partial charge in [-0.1, -0.05) is 12.1 Å². The van der Waals surface area contributed by atoms with Gasteiger partial charge >= 0.3 is 0 Å². The molecule has 0 spiro atoms. The van der Waals surface area contributed by atoms with Crippen LogP contribution >= 0.6 is 11.3 Å². The number of hydrogen-bond acceptors (Lipinski definition) is 5. The lowest BCUT2D eigenvalue weighted by Gasteiger charge is -2.12. The van der Waals surface area contributed by atoms with Crippen molar-refractivity contribution in [2.45, 2.75) is 26.3 Å². The minimum absolute atomic E-state index is 0.481. The summed E-state index contributed by atoms with van der Waals surface area (Å²) in [6.45, 7) is 4.01. The number of aliphatic imine (C=N–C) groups is 1. The highest BCUT2D eigenvalue weighted by atomic mass is 32.1. The maximum atomic E-state index is 4.67. The van der Waals surface area contributed by atoms with Crippen LogP contribution in [-0.2, 0) is 26.4 Å². The van der Waals surface area contributed by atoms with Crippen LogP contribution in [0.5, 0.6) is 0 Å². The fourth-order valence-electron chi connectivity index (χ4n) is 2.53. The number of aromatic nitrogens is 4. The van der Waals surface area contributed by atoms with Crippen molar-refractivity contribution >= 4 is 17.3 Å². The first kappa shape index (κ1) is 19.0. The first-order valence-corrected chi connectivity index (χ1v) is 9.89. The van der Waals surface area contributed by atoms with Gasteiger partial charge in [-0.3, -0.25) is 4.98 Å². The molecule has 0 amide bonds. The summed E-state index contributed by atoms with van der Waals surface area (Å²) < 4.78 is 1.96. The molecule has 0 saturated heterocycles. The van der Waals surface area contributed by atoms with E-state index in [1.165, 1.54) is 4.88 Å². The van der Waals surface area contributed by atoms with Crippen molar-refractivity contribution in [1.29, 1.82) is 0 Å². The van der Waals surface area contributed by atoms with Crippen LogP contribution in [0.1, 0.15) is 22.2 Å². The van der Waals surface area contributed by atoms with Crippen LogP contribution in [0.15, 0.2) is 46.9 Å². The Balaban J connectivity index is 1.56. The summed E-state index contributed by atoms with van der Waals surface area (Å²) in [6, 6.07) is 10.2. The van der Waals surface area contributed by atoms with E-state index in [4.69, 9.17) is 0 Å². The number of thiophene rings is 1. The Hall–Kier alpha value is -2.74. The zero-order chi connectivity index (χ0) is 18.9.